The fourth-order valence-corrected chi connectivity index (χ4v) is 4.26. The monoisotopic (exact) mass is 476 g/mol. The van der Waals surface area contributed by atoms with Gasteiger partial charge in [0.15, 0.2) is 0 Å². The van der Waals surface area contributed by atoms with Gasteiger partial charge in [0.1, 0.15) is 11.9 Å². The summed E-state index contributed by atoms with van der Waals surface area (Å²) in [6.07, 6.45) is 3.36. The highest BCUT2D eigenvalue weighted by atomic mass is 19.1. The van der Waals surface area contributed by atoms with Gasteiger partial charge in [0.2, 0.25) is 0 Å². The minimum Gasteiger partial charge on any atom is -0.442 e. The molecule has 0 saturated carbocycles. The van der Waals surface area contributed by atoms with Crippen LogP contribution in [0.1, 0.15) is 12.8 Å². The second-order valence-electron chi connectivity index (χ2n) is 8.19. The largest absolute Gasteiger partial charge is 0.442 e. The van der Waals surface area contributed by atoms with Crippen LogP contribution < -0.4 is 26.6 Å². The maximum absolute atomic E-state index is 15.0. The van der Waals surface area contributed by atoms with Crippen molar-refractivity contribution in [3.63, 3.8) is 0 Å². The van der Waals surface area contributed by atoms with Gasteiger partial charge in [0.25, 0.3) is 0 Å². The van der Waals surface area contributed by atoms with Crippen molar-refractivity contribution in [2.75, 3.05) is 49.2 Å². The van der Waals surface area contributed by atoms with Gasteiger partial charge in [-0.25, -0.2) is 9.18 Å². The molecule has 1 amide bonds. The van der Waals surface area contributed by atoms with Gasteiger partial charge in [-0.05, 0) is 31.0 Å². The number of carbonyl (C=O) groups excluding carboxylic acids is 1. The van der Waals surface area contributed by atoms with Crippen molar-refractivity contribution in [1.82, 2.24) is 16.0 Å². The van der Waals surface area contributed by atoms with Gasteiger partial charge in [-0.2, -0.15) is 5.10 Å². The van der Waals surface area contributed by atoms with Crippen LogP contribution in [0.25, 0.3) is 0 Å². The lowest BCUT2D eigenvalue weighted by molar-refractivity contribution is 0.0982. The van der Waals surface area contributed by atoms with Gasteiger partial charge in [-0.15, -0.1) is 5.53 Å². The summed E-state index contributed by atoms with van der Waals surface area (Å²) >= 11 is 0. The van der Waals surface area contributed by atoms with Crippen LogP contribution in [-0.2, 0) is 4.74 Å². The predicted octanol–water partition coefficient (Wildman–Crippen LogP) is -0.344. The van der Waals surface area contributed by atoms with Crippen molar-refractivity contribution in [3.8, 4) is 0 Å². The summed E-state index contributed by atoms with van der Waals surface area (Å²) < 4.78 is 20.5. The number of nitrogens with zero attached hydrogens (tertiary/aromatic N) is 5. The molecule has 0 unspecified atom stereocenters. The first-order valence-corrected chi connectivity index (χ1v) is 11.0. The van der Waals surface area contributed by atoms with Crippen molar-refractivity contribution < 1.29 is 24.1 Å². The molecule has 0 aliphatic carbocycles. The summed E-state index contributed by atoms with van der Waals surface area (Å²) in [5.41, 5.74) is 7.57. The van der Waals surface area contributed by atoms with Gasteiger partial charge in [-0.1, -0.05) is 0 Å². The third-order valence-electron chi connectivity index (χ3n) is 5.99. The van der Waals surface area contributed by atoms with Gasteiger partial charge in [0.05, 0.1) is 61.3 Å². The molecule has 34 heavy (non-hydrogen) atoms. The molecule has 1 aromatic rings. The highest BCUT2D eigenvalue weighted by Gasteiger charge is 2.35. The molecular formula is C21H29FN8O4. The molecule has 0 radical (unpaired) electrons. The average Bonchev–Trinajstić information content (AvgIpc) is 3.45. The SMILES string of the molecule is NN=CC(CO)=NC1CCN(c2ccc(N3C[C@H](CN4NNC=C4CO)OC3=O)cc2F)CC1. The standard InChI is InChI=1S/C21H29FN8O4/c22-19-7-16(29-10-18(34-21(29)33)11-30-17(13-32)9-25-27-30)1-2-20(19)28-5-3-14(4-6-28)26-15(12-31)8-24-23/h1-2,7-9,14,18,25,27,31-32H,3-6,10-13,23H2/t18-/m1/s1. The first kappa shape index (κ1) is 23.7. The zero-order valence-electron chi connectivity index (χ0n) is 18.6. The molecule has 2 saturated heterocycles. The Morgan fingerprint density at radius 3 is 2.79 bits per heavy atom. The summed E-state index contributed by atoms with van der Waals surface area (Å²) in [5.74, 6) is 4.70. The number of cyclic esters (lactones) is 1. The van der Waals surface area contributed by atoms with Crippen LogP contribution >= 0.6 is 0 Å². The maximum atomic E-state index is 15.0. The number of hydrogen-bond acceptors (Lipinski definition) is 11. The van der Waals surface area contributed by atoms with Crippen LogP contribution in [0.3, 0.4) is 0 Å². The number of aliphatic imine (C=N–C) groups is 1. The molecule has 4 rings (SSSR count). The Labute approximate surface area is 196 Å². The van der Waals surface area contributed by atoms with E-state index >= 15 is 4.39 Å². The number of benzene rings is 1. The van der Waals surface area contributed by atoms with Crippen molar-refractivity contribution in [3.05, 3.63) is 35.9 Å². The second-order valence-corrected chi connectivity index (χ2v) is 8.19. The average molecular weight is 477 g/mol. The van der Waals surface area contributed by atoms with Crippen molar-refractivity contribution in [2.45, 2.75) is 25.0 Å². The number of hydrazone groups is 1. The molecule has 3 aliphatic heterocycles. The van der Waals surface area contributed by atoms with Crippen molar-refractivity contribution >= 4 is 29.4 Å². The summed E-state index contributed by atoms with van der Waals surface area (Å²) in [5, 5.41) is 23.7. The third-order valence-corrected chi connectivity index (χ3v) is 5.99. The fraction of sp³-hybridized carbons (Fsp3) is 0.476. The highest BCUT2D eigenvalue weighted by molar-refractivity contribution is 6.31. The van der Waals surface area contributed by atoms with Crippen LogP contribution in [0.2, 0.25) is 0 Å². The predicted molar refractivity (Wildman–Crippen MR) is 125 cm³/mol. The lowest BCUT2D eigenvalue weighted by atomic mass is 10.0. The lowest BCUT2D eigenvalue weighted by Crippen LogP contribution is -2.43. The third kappa shape index (κ3) is 5.21. The maximum Gasteiger partial charge on any atom is 0.414 e. The molecule has 3 aliphatic rings. The van der Waals surface area contributed by atoms with Gasteiger partial charge in [-0.3, -0.25) is 14.9 Å². The van der Waals surface area contributed by atoms with E-state index in [1.807, 2.05) is 4.90 Å². The molecule has 0 spiro atoms. The van der Waals surface area contributed by atoms with E-state index in [9.17, 15) is 15.0 Å². The number of amides is 1. The molecular weight excluding hydrogens is 447 g/mol. The number of hydrazine groups is 2. The zero-order valence-corrected chi connectivity index (χ0v) is 18.6. The minimum atomic E-state index is -0.543. The zero-order chi connectivity index (χ0) is 24.1. The number of anilines is 2. The number of rotatable bonds is 8. The summed E-state index contributed by atoms with van der Waals surface area (Å²) in [7, 11) is 0. The number of carbonyl (C=O) groups is 1. The minimum absolute atomic E-state index is 0.0107. The number of halogens is 1. The molecule has 184 valence electrons. The van der Waals surface area contributed by atoms with E-state index in [-0.39, 0.29) is 25.8 Å². The lowest BCUT2D eigenvalue weighted by Gasteiger charge is -2.32. The van der Waals surface area contributed by atoms with E-state index in [0.29, 0.717) is 55.3 Å². The van der Waals surface area contributed by atoms with E-state index in [2.05, 4.69) is 21.1 Å². The number of aliphatic hydroxyl groups excluding tert-OH is 2. The Kier molecular flexibility index (Phi) is 7.45. The fourth-order valence-electron chi connectivity index (χ4n) is 4.26. The Morgan fingerprint density at radius 1 is 1.32 bits per heavy atom. The molecule has 13 heteroatoms. The van der Waals surface area contributed by atoms with Gasteiger partial charge >= 0.3 is 6.09 Å². The molecule has 12 nitrogen and oxygen atoms in total. The van der Waals surface area contributed by atoms with Crippen LogP contribution in [0.15, 0.2) is 40.2 Å². The summed E-state index contributed by atoms with van der Waals surface area (Å²) in [4.78, 5) is 20.2. The Bertz CT molecular complexity index is 980. The highest BCUT2D eigenvalue weighted by Crippen LogP contribution is 2.30. The number of aliphatic hydroxyl groups is 2. The smallest absolute Gasteiger partial charge is 0.414 e. The van der Waals surface area contributed by atoms with Crippen LogP contribution in [-0.4, -0.2) is 84.8 Å². The molecule has 3 heterocycles. The van der Waals surface area contributed by atoms with Crippen molar-refractivity contribution in [1.29, 1.82) is 0 Å². The molecule has 6 N–H and O–H groups in total. The second kappa shape index (κ2) is 10.7. The normalized spacial score (nSPS) is 21.9. The first-order chi connectivity index (χ1) is 16.5. The number of ether oxygens (including phenoxy) is 1. The van der Waals surface area contributed by atoms with E-state index < -0.39 is 18.0 Å². The summed E-state index contributed by atoms with van der Waals surface area (Å²) in [6, 6.07) is 4.74. The van der Waals surface area contributed by atoms with E-state index in [1.54, 1.807) is 23.3 Å². The Balaban J connectivity index is 1.36. The molecule has 0 bridgehead atoms. The number of piperidine rings is 1. The van der Waals surface area contributed by atoms with Crippen molar-refractivity contribution in [2.24, 2.45) is 15.9 Å². The number of hydrogen-bond donors (Lipinski definition) is 5. The van der Waals surface area contributed by atoms with Crippen LogP contribution in [0.4, 0.5) is 20.6 Å². The topological polar surface area (TPSA) is 151 Å². The van der Waals surface area contributed by atoms with Crippen LogP contribution in [0.5, 0.6) is 0 Å². The Morgan fingerprint density at radius 2 is 2.12 bits per heavy atom. The first-order valence-electron chi connectivity index (χ1n) is 11.0. The number of nitrogens with one attached hydrogen (secondary N) is 2. The number of nitrogens with two attached hydrogens (primary N) is 1. The Hall–Kier alpha value is -3.42. The molecule has 2 fully saturated rings. The molecule has 1 atom stereocenters. The summed E-state index contributed by atoms with van der Waals surface area (Å²) in [6.45, 7) is 1.40. The van der Waals surface area contributed by atoms with Gasteiger partial charge in [0, 0.05) is 19.3 Å². The van der Waals surface area contributed by atoms with Gasteiger partial charge < -0.3 is 31.1 Å². The quantitative estimate of drug-likeness (QED) is 0.193. The van der Waals surface area contributed by atoms with E-state index in [1.165, 1.54) is 17.2 Å². The molecule has 0 aromatic heterocycles. The van der Waals surface area contributed by atoms with E-state index in [0.717, 1.165) is 0 Å². The molecule has 1 aromatic carbocycles. The van der Waals surface area contributed by atoms with E-state index in [4.69, 9.17) is 10.6 Å². The van der Waals surface area contributed by atoms with Crippen LogP contribution in [0, 0.1) is 5.82 Å².